The monoisotopic (exact) mass is 249 g/mol. The smallest absolute Gasteiger partial charge is 0.160 e. The Kier molecular flexibility index (Phi) is 4.48. The molecule has 3 heteroatoms. The zero-order valence-electron chi connectivity index (χ0n) is 11.4. The van der Waals surface area contributed by atoms with Crippen molar-refractivity contribution in [2.75, 3.05) is 13.7 Å². The molecule has 0 aliphatic heterocycles. The molecular weight excluding hydrogens is 226 g/mol. The number of aromatic hydroxyl groups is 1. The summed E-state index contributed by atoms with van der Waals surface area (Å²) in [6.07, 6.45) is 5.34. The van der Waals surface area contributed by atoms with Crippen molar-refractivity contribution in [1.29, 1.82) is 0 Å². The molecule has 1 aliphatic carbocycles. The van der Waals surface area contributed by atoms with Crippen molar-refractivity contribution in [3.05, 3.63) is 23.8 Å². The van der Waals surface area contributed by atoms with Gasteiger partial charge in [-0.25, -0.2) is 0 Å². The molecule has 0 amide bonds. The third-order valence-corrected chi connectivity index (χ3v) is 3.88. The maximum Gasteiger partial charge on any atom is 0.160 e. The van der Waals surface area contributed by atoms with Gasteiger partial charge >= 0.3 is 0 Å². The second-order valence-corrected chi connectivity index (χ2v) is 5.01. The van der Waals surface area contributed by atoms with Crippen LogP contribution in [0.25, 0.3) is 0 Å². The van der Waals surface area contributed by atoms with Crippen molar-refractivity contribution < 1.29 is 9.84 Å². The van der Waals surface area contributed by atoms with Crippen LogP contribution in [-0.4, -0.2) is 29.7 Å². The van der Waals surface area contributed by atoms with Gasteiger partial charge in [-0.1, -0.05) is 25.8 Å². The number of methoxy groups -OCH3 is 1. The number of rotatable bonds is 5. The van der Waals surface area contributed by atoms with Crippen LogP contribution in [0.5, 0.6) is 11.5 Å². The van der Waals surface area contributed by atoms with Crippen LogP contribution in [0.15, 0.2) is 18.2 Å². The lowest BCUT2D eigenvalue weighted by atomic mass is 10.1. The van der Waals surface area contributed by atoms with Crippen LogP contribution < -0.4 is 4.74 Å². The summed E-state index contributed by atoms with van der Waals surface area (Å²) in [5.74, 6) is 0.778. The molecule has 1 aliphatic rings. The summed E-state index contributed by atoms with van der Waals surface area (Å²) in [6, 6.07) is 6.42. The van der Waals surface area contributed by atoms with E-state index < -0.39 is 0 Å². The minimum Gasteiger partial charge on any atom is -0.504 e. The highest BCUT2D eigenvalue weighted by Gasteiger charge is 2.21. The highest BCUT2D eigenvalue weighted by atomic mass is 16.5. The fourth-order valence-corrected chi connectivity index (χ4v) is 2.84. The van der Waals surface area contributed by atoms with Crippen molar-refractivity contribution >= 4 is 0 Å². The van der Waals surface area contributed by atoms with E-state index in [2.05, 4.69) is 11.8 Å². The molecule has 18 heavy (non-hydrogen) atoms. The van der Waals surface area contributed by atoms with Crippen LogP contribution >= 0.6 is 0 Å². The van der Waals surface area contributed by atoms with Crippen molar-refractivity contribution in [2.24, 2.45) is 0 Å². The number of benzene rings is 1. The third-order valence-electron chi connectivity index (χ3n) is 3.88. The molecule has 3 nitrogen and oxygen atoms in total. The van der Waals surface area contributed by atoms with Crippen LogP contribution in [0.4, 0.5) is 0 Å². The average Bonchev–Trinajstić information content (AvgIpc) is 2.90. The Morgan fingerprint density at radius 2 is 2.06 bits per heavy atom. The minimum atomic E-state index is 0.234. The van der Waals surface area contributed by atoms with Crippen LogP contribution in [0.2, 0.25) is 0 Å². The maximum absolute atomic E-state index is 9.80. The molecule has 0 spiro atoms. The van der Waals surface area contributed by atoms with E-state index in [9.17, 15) is 5.11 Å². The third kappa shape index (κ3) is 2.96. The number of hydrogen-bond donors (Lipinski definition) is 1. The molecule has 0 heterocycles. The second-order valence-electron chi connectivity index (χ2n) is 5.01. The van der Waals surface area contributed by atoms with Crippen molar-refractivity contribution in [3.63, 3.8) is 0 Å². The number of ether oxygens (including phenoxy) is 1. The molecule has 0 atom stereocenters. The van der Waals surface area contributed by atoms with Gasteiger partial charge in [0.2, 0.25) is 0 Å². The van der Waals surface area contributed by atoms with Crippen LogP contribution in [0, 0.1) is 0 Å². The summed E-state index contributed by atoms with van der Waals surface area (Å²) in [7, 11) is 1.58. The van der Waals surface area contributed by atoms with Crippen LogP contribution in [0.3, 0.4) is 0 Å². The van der Waals surface area contributed by atoms with Gasteiger partial charge in [-0.2, -0.15) is 0 Å². The lowest BCUT2D eigenvalue weighted by Gasteiger charge is -2.27. The molecular formula is C15H23NO2. The van der Waals surface area contributed by atoms with E-state index in [-0.39, 0.29) is 5.75 Å². The van der Waals surface area contributed by atoms with E-state index in [1.54, 1.807) is 7.11 Å². The largest absolute Gasteiger partial charge is 0.504 e. The van der Waals surface area contributed by atoms with Gasteiger partial charge in [0.15, 0.2) is 11.5 Å². The van der Waals surface area contributed by atoms with Crippen molar-refractivity contribution in [3.8, 4) is 11.5 Å². The quantitative estimate of drug-likeness (QED) is 0.870. The van der Waals surface area contributed by atoms with Crippen LogP contribution in [-0.2, 0) is 6.54 Å². The molecule has 0 radical (unpaired) electrons. The van der Waals surface area contributed by atoms with E-state index in [0.29, 0.717) is 5.75 Å². The molecule has 0 unspecified atom stereocenters. The van der Waals surface area contributed by atoms with Gasteiger partial charge < -0.3 is 9.84 Å². The Morgan fingerprint density at radius 1 is 1.33 bits per heavy atom. The fraction of sp³-hybridized carbons (Fsp3) is 0.600. The van der Waals surface area contributed by atoms with E-state index in [4.69, 9.17) is 4.74 Å². The summed E-state index contributed by atoms with van der Waals surface area (Å²) >= 11 is 0. The second kappa shape index (κ2) is 6.10. The summed E-state index contributed by atoms with van der Waals surface area (Å²) < 4.78 is 5.07. The molecule has 100 valence electrons. The Morgan fingerprint density at radius 3 is 2.61 bits per heavy atom. The SMILES string of the molecule is CCN(Cc1ccc(OC)c(O)c1)C1CCCC1. The highest BCUT2D eigenvalue weighted by Crippen LogP contribution is 2.29. The van der Waals surface area contributed by atoms with Gasteiger partial charge in [-0.3, -0.25) is 4.90 Å². The molecule has 1 saturated carbocycles. The van der Waals surface area contributed by atoms with E-state index in [1.165, 1.54) is 25.7 Å². The molecule has 1 N–H and O–H groups in total. The highest BCUT2D eigenvalue weighted by molar-refractivity contribution is 5.41. The zero-order chi connectivity index (χ0) is 13.0. The fourth-order valence-electron chi connectivity index (χ4n) is 2.84. The Balaban J connectivity index is 2.04. The van der Waals surface area contributed by atoms with Gasteiger partial charge in [-0.05, 0) is 37.1 Å². The summed E-state index contributed by atoms with van der Waals surface area (Å²) in [5.41, 5.74) is 1.15. The molecule has 1 aromatic rings. The number of nitrogens with zero attached hydrogens (tertiary/aromatic N) is 1. The first-order chi connectivity index (χ1) is 8.74. The van der Waals surface area contributed by atoms with Gasteiger partial charge in [-0.15, -0.1) is 0 Å². The predicted octanol–water partition coefficient (Wildman–Crippen LogP) is 3.17. The summed E-state index contributed by atoms with van der Waals surface area (Å²) in [6.45, 7) is 4.19. The zero-order valence-corrected chi connectivity index (χ0v) is 11.4. The number of hydrogen-bond acceptors (Lipinski definition) is 3. The molecule has 0 saturated heterocycles. The number of phenols is 1. The first kappa shape index (κ1) is 13.2. The molecule has 2 rings (SSSR count). The first-order valence-corrected chi connectivity index (χ1v) is 6.84. The van der Waals surface area contributed by atoms with Gasteiger partial charge in [0, 0.05) is 12.6 Å². The molecule has 0 bridgehead atoms. The summed E-state index contributed by atoms with van der Waals surface area (Å²) in [4.78, 5) is 2.51. The average molecular weight is 249 g/mol. The van der Waals surface area contributed by atoms with E-state index >= 15 is 0 Å². The lowest BCUT2D eigenvalue weighted by molar-refractivity contribution is 0.200. The van der Waals surface area contributed by atoms with E-state index in [1.807, 2.05) is 18.2 Å². The van der Waals surface area contributed by atoms with Crippen molar-refractivity contribution in [1.82, 2.24) is 4.90 Å². The standard InChI is InChI=1S/C15H23NO2/c1-3-16(13-6-4-5-7-13)11-12-8-9-15(18-2)14(17)10-12/h8-10,13,17H,3-7,11H2,1-2H3. The minimum absolute atomic E-state index is 0.234. The molecule has 0 aromatic heterocycles. The lowest BCUT2D eigenvalue weighted by Crippen LogP contribution is -2.32. The maximum atomic E-state index is 9.80. The van der Waals surface area contributed by atoms with Gasteiger partial charge in [0.1, 0.15) is 0 Å². The van der Waals surface area contributed by atoms with Gasteiger partial charge in [0.25, 0.3) is 0 Å². The Hall–Kier alpha value is -1.22. The Bertz CT molecular complexity index is 386. The molecule has 1 aromatic carbocycles. The summed E-state index contributed by atoms with van der Waals surface area (Å²) in [5, 5.41) is 9.80. The number of phenolic OH excluding ortho intramolecular Hbond substituents is 1. The molecule has 1 fully saturated rings. The van der Waals surface area contributed by atoms with Crippen molar-refractivity contribution in [2.45, 2.75) is 45.2 Å². The normalized spacial score (nSPS) is 16.4. The predicted molar refractivity (Wildman–Crippen MR) is 73.0 cm³/mol. The van der Waals surface area contributed by atoms with Gasteiger partial charge in [0.05, 0.1) is 7.11 Å². The van der Waals surface area contributed by atoms with Crippen LogP contribution in [0.1, 0.15) is 38.2 Å². The van der Waals surface area contributed by atoms with E-state index in [0.717, 1.165) is 24.7 Å². The topological polar surface area (TPSA) is 32.7 Å². The Labute approximate surface area is 109 Å². The first-order valence-electron chi connectivity index (χ1n) is 6.84.